The lowest BCUT2D eigenvalue weighted by Crippen LogP contribution is -2.71. The van der Waals surface area contributed by atoms with Crippen LogP contribution in [-0.2, 0) is 24.1 Å². The van der Waals surface area contributed by atoms with Gasteiger partial charge in [-0.2, -0.15) is 8.42 Å². The van der Waals surface area contributed by atoms with Crippen LogP contribution in [0.3, 0.4) is 0 Å². The van der Waals surface area contributed by atoms with E-state index in [2.05, 4.69) is 13.8 Å². The van der Waals surface area contributed by atoms with Crippen LogP contribution in [0.4, 0.5) is 0 Å². The lowest BCUT2D eigenvalue weighted by molar-refractivity contribution is -0.287. The SMILES string of the molecule is CC(C)[C@H](CC[C@@H](C)[C@H]1C[C@@H](O)C2[C@]3(O)C[C@H](O)C4[C@@H](O)[C@@H](OS(=O)(=O)O)CC[C@]4(C)C3CC[C@@]21C)O[C@@H]1OC[C@@H](O)[C@H](O)[C@H]1O. The molecular weight excluding hydrogens is 624 g/mol. The van der Waals surface area contributed by atoms with Gasteiger partial charge in [-0.1, -0.05) is 34.6 Å². The summed E-state index contributed by atoms with van der Waals surface area (Å²) in [5.41, 5.74) is -2.60. The van der Waals surface area contributed by atoms with Crippen molar-refractivity contribution in [2.45, 2.75) is 147 Å². The number of ether oxygens (including phenoxy) is 2. The van der Waals surface area contributed by atoms with Crippen LogP contribution in [0.5, 0.6) is 0 Å². The maximum Gasteiger partial charge on any atom is 0.397 e. The van der Waals surface area contributed by atoms with E-state index in [1.54, 1.807) is 0 Å². The lowest BCUT2D eigenvalue weighted by Gasteiger charge is -2.66. The minimum atomic E-state index is -4.81. The molecule has 4 saturated carbocycles. The second kappa shape index (κ2) is 13.0. The molecule has 0 spiro atoms. The molecule has 17 atom stereocenters. The van der Waals surface area contributed by atoms with Gasteiger partial charge in [0.1, 0.15) is 24.4 Å². The largest absolute Gasteiger partial charge is 0.397 e. The molecule has 5 fully saturated rings. The molecule has 0 aromatic carbocycles. The summed E-state index contributed by atoms with van der Waals surface area (Å²) in [6.07, 6.45) is -6.21. The molecule has 4 aliphatic carbocycles. The third-order valence-electron chi connectivity index (χ3n) is 13.1. The molecule has 0 radical (unpaired) electrons. The van der Waals surface area contributed by atoms with Crippen LogP contribution >= 0.6 is 0 Å². The van der Waals surface area contributed by atoms with Crippen LogP contribution in [-0.4, -0.2) is 116 Å². The molecule has 46 heavy (non-hydrogen) atoms. The van der Waals surface area contributed by atoms with Gasteiger partial charge in [0.05, 0.1) is 36.6 Å². The second-order valence-corrected chi connectivity index (χ2v) is 17.1. The first-order valence-electron chi connectivity index (χ1n) is 17.0. The topological polar surface area (TPSA) is 224 Å². The summed E-state index contributed by atoms with van der Waals surface area (Å²) in [6, 6.07) is 0. The van der Waals surface area contributed by atoms with Gasteiger partial charge in [0.15, 0.2) is 6.29 Å². The van der Waals surface area contributed by atoms with Crippen molar-refractivity contribution < 1.29 is 62.4 Å². The van der Waals surface area contributed by atoms with Crippen molar-refractivity contribution in [2.24, 2.45) is 46.3 Å². The van der Waals surface area contributed by atoms with E-state index >= 15 is 0 Å². The van der Waals surface area contributed by atoms with E-state index < -0.39 is 87.7 Å². The molecule has 13 nitrogen and oxygen atoms in total. The van der Waals surface area contributed by atoms with Crippen molar-refractivity contribution in [3.05, 3.63) is 0 Å². The highest BCUT2D eigenvalue weighted by Crippen LogP contribution is 2.70. The Morgan fingerprint density at radius 3 is 2.15 bits per heavy atom. The Hall–Kier alpha value is -0.490. The van der Waals surface area contributed by atoms with Gasteiger partial charge >= 0.3 is 10.4 Å². The number of hydrogen-bond donors (Lipinski definition) is 8. The maximum absolute atomic E-state index is 12.6. The zero-order valence-electron chi connectivity index (χ0n) is 27.6. The maximum atomic E-state index is 12.6. The average molecular weight is 681 g/mol. The van der Waals surface area contributed by atoms with E-state index in [1.807, 2.05) is 20.8 Å². The van der Waals surface area contributed by atoms with Crippen molar-refractivity contribution in [3.63, 3.8) is 0 Å². The number of aliphatic hydroxyl groups is 7. The van der Waals surface area contributed by atoms with Crippen LogP contribution in [0, 0.1) is 46.3 Å². The smallest absolute Gasteiger partial charge is 0.393 e. The van der Waals surface area contributed by atoms with E-state index in [1.165, 1.54) is 0 Å². The Morgan fingerprint density at radius 2 is 1.52 bits per heavy atom. The summed E-state index contributed by atoms with van der Waals surface area (Å²) in [5.74, 6) is -1.38. The number of hydrogen-bond acceptors (Lipinski definition) is 12. The van der Waals surface area contributed by atoms with Crippen LogP contribution in [0.1, 0.15) is 86.0 Å². The van der Waals surface area contributed by atoms with Crippen molar-refractivity contribution in [1.29, 1.82) is 0 Å². The standard InChI is InChI=1S/C32H56O13S/c1-15(2)21(44-29-27(38)25(36)20(35)14-43-29)7-6-16(3)17-12-18(33)28-30(17,4)11-9-23-31(5)10-8-22(45-46(40,41)42)26(37)24(31)19(34)13-32(23,28)39/h15-29,33-39H,6-14H2,1-5H3,(H,40,41,42)/t16-,17-,18-,19+,20-,21+,22+,23?,24?,25+,26+,27-,28?,29+,30-,31-,32+/m1/s1. The zero-order chi connectivity index (χ0) is 34.1. The fourth-order valence-electron chi connectivity index (χ4n) is 11.0. The molecule has 268 valence electrons. The lowest BCUT2D eigenvalue weighted by atomic mass is 9.41. The van der Waals surface area contributed by atoms with Gasteiger partial charge in [-0.05, 0) is 79.4 Å². The van der Waals surface area contributed by atoms with Crippen molar-refractivity contribution >= 4 is 10.4 Å². The van der Waals surface area contributed by atoms with E-state index in [4.69, 9.17) is 13.7 Å². The molecule has 3 unspecified atom stereocenters. The van der Waals surface area contributed by atoms with Gasteiger partial charge < -0.3 is 45.2 Å². The molecule has 5 rings (SSSR count). The number of aliphatic hydroxyl groups excluding tert-OH is 6. The Balaban J connectivity index is 1.30. The Morgan fingerprint density at radius 1 is 0.870 bits per heavy atom. The van der Waals surface area contributed by atoms with Crippen LogP contribution in [0.15, 0.2) is 0 Å². The Labute approximate surface area is 272 Å². The Bertz CT molecular complexity index is 1190. The van der Waals surface area contributed by atoms with Gasteiger partial charge in [-0.15, -0.1) is 0 Å². The summed E-state index contributed by atoms with van der Waals surface area (Å²) >= 11 is 0. The fraction of sp³-hybridized carbons (Fsp3) is 1.00. The molecule has 0 aromatic rings. The third-order valence-corrected chi connectivity index (χ3v) is 13.6. The molecule has 14 heteroatoms. The monoisotopic (exact) mass is 680 g/mol. The molecule has 5 aliphatic rings. The molecule has 0 amide bonds. The first-order valence-corrected chi connectivity index (χ1v) is 18.3. The summed E-state index contributed by atoms with van der Waals surface area (Å²) in [5, 5.41) is 77.2. The first kappa shape index (κ1) is 36.8. The zero-order valence-corrected chi connectivity index (χ0v) is 28.4. The third kappa shape index (κ3) is 6.32. The summed E-state index contributed by atoms with van der Waals surface area (Å²) in [7, 11) is -4.81. The number of rotatable bonds is 9. The minimum Gasteiger partial charge on any atom is -0.393 e. The second-order valence-electron chi connectivity index (χ2n) is 16.1. The van der Waals surface area contributed by atoms with Gasteiger partial charge in [0.2, 0.25) is 0 Å². The quantitative estimate of drug-likeness (QED) is 0.158. The normalized spacial score (nSPS) is 50.8. The van der Waals surface area contributed by atoms with Gasteiger partial charge in [-0.3, -0.25) is 4.55 Å². The Kier molecular flexibility index (Phi) is 10.4. The molecule has 1 saturated heterocycles. The van der Waals surface area contributed by atoms with Crippen LogP contribution in [0.2, 0.25) is 0 Å². The van der Waals surface area contributed by atoms with E-state index in [9.17, 15) is 48.7 Å². The van der Waals surface area contributed by atoms with E-state index in [0.717, 1.165) is 12.8 Å². The van der Waals surface area contributed by atoms with Gasteiger partial charge in [0.25, 0.3) is 0 Å². The van der Waals surface area contributed by atoms with Crippen molar-refractivity contribution in [1.82, 2.24) is 0 Å². The minimum absolute atomic E-state index is 0.0611. The highest BCUT2D eigenvalue weighted by Gasteiger charge is 2.72. The van der Waals surface area contributed by atoms with Crippen molar-refractivity contribution in [3.8, 4) is 0 Å². The highest BCUT2D eigenvalue weighted by atomic mass is 32.3. The van der Waals surface area contributed by atoms with Crippen LogP contribution in [0.25, 0.3) is 0 Å². The molecule has 1 heterocycles. The predicted octanol–water partition coefficient (Wildman–Crippen LogP) is 0.757. The first-order chi connectivity index (χ1) is 21.2. The fourth-order valence-corrected chi connectivity index (χ4v) is 11.5. The van der Waals surface area contributed by atoms with Crippen molar-refractivity contribution in [2.75, 3.05) is 6.61 Å². The van der Waals surface area contributed by atoms with Gasteiger partial charge in [0, 0.05) is 18.3 Å². The van der Waals surface area contributed by atoms with Crippen LogP contribution < -0.4 is 0 Å². The molecular formula is C32H56O13S. The molecule has 0 aromatic heterocycles. The average Bonchev–Trinajstić information content (AvgIpc) is 3.22. The van der Waals surface area contributed by atoms with E-state index in [-0.39, 0.29) is 49.2 Å². The molecule has 1 aliphatic heterocycles. The summed E-state index contributed by atoms with van der Waals surface area (Å²) in [6.45, 7) is 10.1. The summed E-state index contributed by atoms with van der Waals surface area (Å²) < 4.78 is 48.4. The molecule has 8 N–H and O–H groups in total. The highest BCUT2D eigenvalue weighted by molar-refractivity contribution is 7.80. The molecule has 0 bridgehead atoms. The van der Waals surface area contributed by atoms with Gasteiger partial charge in [-0.25, -0.2) is 4.18 Å². The predicted molar refractivity (Wildman–Crippen MR) is 163 cm³/mol. The summed E-state index contributed by atoms with van der Waals surface area (Å²) in [4.78, 5) is 0. The number of fused-ring (bicyclic) bond motifs is 5. The van der Waals surface area contributed by atoms with E-state index in [0.29, 0.717) is 25.7 Å².